The molecule has 0 atom stereocenters. The predicted octanol–water partition coefficient (Wildman–Crippen LogP) is 5.27. The van der Waals surface area contributed by atoms with Crippen LogP contribution in [0.1, 0.15) is 24.0 Å². The molecule has 0 saturated carbocycles. The molecule has 172 valence electrons. The van der Waals surface area contributed by atoms with Crippen LogP contribution in [-0.4, -0.2) is 46.5 Å². The highest BCUT2D eigenvalue weighted by molar-refractivity contribution is 14.1. The van der Waals surface area contributed by atoms with Crippen LogP contribution in [0.3, 0.4) is 0 Å². The molecule has 2 fully saturated rings. The first kappa shape index (κ1) is 24.5. The van der Waals surface area contributed by atoms with E-state index in [9.17, 15) is 18.8 Å². The maximum absolute atomic E-state index is 13.9. The van der Waals surface area contributed by atoms with Gasteiger partial charge in [-0.25, -0.2) is 4.39 Å². The van der Waals surface area contributed by atoms with Crippen molar-refractivity contribution in [2.75, 3.05) is 19.6 Å². The molecule has 0 radical (unpaired) electrons. The third kappa shape index (κ3) is 5.70. The van der Waals surface area contributed by atoms with Crippen LogP contribution in [0.4, 0.5) is 9.18 Å². The Bertz CT molecular complexity index is 1130. The number of ether oxygens (including phenoxy) is 1. The van der Waals surface area contributed by atoms with Gasteiger partial charge in [-0.3, -0.25) is 19.3 Å². The summed E-state index contributed by atoms with van der Waals surface area (Å²) < 4.78 is 21.3. The number of halogens is 3. The fraction of sp³-hybridized carbons (Fsp3) is 0.261. The third-order valence-electron chi connectivity index (χ3n) is 5.27. The number of carbonyl (C=O) groups excluding carboxylic acids is 3. The van der Waals surface area contributed by atoms with Crippen molar-refractivity contribution >= 4 is 80.1 Å². The lowest BCUT2D eigenvalue weighted by molar-refractivity contribution is -0.135. The van der Waals surface area contributed by atoms with E-state index in [4.69, 9.17) is 4.74 Å². The molecule has 0 N–H and O–H groups in total. The van der Waals surface area contributed by atoms with Gasteiger partial charge in [-0.1, -0.05) is 18.2 Å². The summed E-state index contributed by atoms with van der Waals surface area (Å²) >= 11 is 5.09. The Kier molecular flexibility index (Phi) is 7.95. The van der Waals surface area contributed by atoms with Crippen LogP contribution < -0.4 is 4.74 Å². The number of benzene rings is 2. The van der Waals surface area contributed by atoms with Crippen LogP contribution in [0.25, 0.3) is 6.08 Å². The Morgan fingerprint density at radius 2 is 1.79 bits per heavy atom. The van der Waals surface area contributed by atoms with Crippen LogP contribution in [0, 0.1) is 13.0 Å². The molecule has 2 heterocycles. The van der Waals surface area contributed by atoms with E-state index in [1.54, 1.807) is 29.2 Å². The van der Waals surface area contributed by atoms with Crippen molar-refractivity contribution in [3.8, 4) is 5.75 Å². The molecular weight excluding hydrogens is 673 g/mol. The monoisotopic (exact) mass is 692 g/mol. The van der Waals surface area contributed by atoms with Gasteiger partial charge >= 0.3 is 0 Å². The Morgan fingerprint density at radius 3 is 2.45 bits per heavy atom. The SMILES string of the molecule is O=C(CN1C(=O)S/C(=C/c2cc(I)c(OCc3ccccc3F)c(I)c2)C1=O)N1CCCC1. The van der Waals surface area contributed by atoms with E-state index in [1.165, 1.54) is 6.07 Å². The number of carbonyl (C=O) groups is 3. The standard InChI is InChI=1S/C23H19FI2N2O4S/c24-16-6-2-1-5-15(16)13-32-21-17(25)9-14(10-18(21)26)11-19-22(30)28(23(31)33-19)12-20(29)27-7-3-4-8-27/h1-2,5-6,9-11H,3-4,7-8,12-13H2/b19-11+. The zero-order chi connectivity index (χ0) is 23.5. The zero-order valence-electron chi connectivity index (χ0n) is 17.4. The summed E-state index contributed by atoms with van der Waals surface area (Å²) in [7, 11) is 0. The lowest BCUT2D eigenvalue weighted by Gasteiger charge is -2.18. The second-order valence-electron chi connectivity index (χ2n) is 7.55. The van der Waals surface area contributed by atoms with Gasteiger partial charge in [-0.2, -0.15) is 0 Å². The van der Waals surface area contributed by atoms with Gasteiger partial charge in [0.1, 0.15) is 24.7 Å². The Labute approximate surface area is 222 Å². The zero-order valence-corrected chi connectivity index (χ0v) is 22.5. The normalized spacial score (nSPS) is 17.4. The highest BCUT2D eigenvalue weighted by atomic mass is 127. The summed E-state index contributed by atoms with van der Waals surface area (Å²) in [5, 5.41) is -0.437. The van der Waals surface area contributed by atoms with Gasteiger partial charge in [0, 0.05) is 18.7 Å². The number of amides is 3. The summed E-state index contributed by atoms with van der Waals surface area (Å²) in [6.45, 7) is 1.22. The van der Waals surface area contributed by atoms with Gasteiger partial charge in [0.15, 0.2) is 0 Å². The van der Waals surface area contributed by atoms with Crippen molar-refractivity contribution in [2.45, 2.75) is 19.4 Å². The van der Waals surface area contributed by atoms with Crippen LogP contribution in [0.2, 0.25) is 0 Å². The minimum absolute atomic E-state index is 0.0992. The number of hydrogen-bond acceptors (Lipinski definition) is 5. The molecule has 10 heteroatoms. The van der Waals surface area contributed by atoms with Crippen LogP contribution in [0.15, 0.2) is 41.3 Å². The van der Waals surface area contributed by atoms with E-state index in [0.29, 0.717) is 24.4 Å². The summed E-state index contributed by atoms with van der Waals surface area (Å²) in [5.74, 6) is -0.349. The fourth-order valence-electron chi connectivity index (χ4n) is 3.56. The number of likely N-dealkylation sites (tertiary alicyclic amines) is 1. The molecule has 0 bridgehead atoms. The van der Waals surface area contributed by atoms with Crippen LogP contribution >= 0.6 is 56.9 Å². The van der Waals surface area contributed by atoms with Gasteiger partial charge in [-0.15, -0.1) is 0 Å². The molecule has 0 aromatic heterocycles. The van der Waals surface area contributed by atoms with E-state index >= 15 is 0 Å². The Morgan fingerprint density at radius 1 is 1.12 bits per heavy atom. The molecule has 4 rings (SSSR count). The molecule has 2 aromatic rings. The summed E-state index contributed by atoms with van der Waals surface area (Å²) in [5.41, 5.74) is 1.20. The highest BCUT2D eigenvalue weighted by Crippen LogP contribution is 2.35. The lowest BCUT2D eigenvalue weighted by atomic mass is 10.2. The lowest BCUT2D eigenvalue weighted by Crippen LogP contribution is -2.40. The third-order valence-corrected chi connectivity index (χ3v) is 7.78. The molecule has 2 aromatic carbocycles. The first-order valence-corrected chi connectivity index (χ1v) is 13.2. The van der Waals surface area contributed by atoms with Crippen LogP contribution in [0.5, 0.6) is 5.75 Å². The van der Waals surface area contributed by atoms with E-state index in [0.717, 1.165) is 42.2 Å². The van der Waals surface area contributed by atoms with E-state index in [2.05, 4.69) is 45.2 Å². The van der Waals surface area contributed by atoms with E-state index < -0.39 is 11.1 Å². The molecule has 6 nitrogen and oxygen atoms in total. The van der Waals surface area contributed by atoms with Gasteiger partial charge in [0.25, 0.3) is 11.1 Å². The Balaban J connectivity index is 1.47. The van der Waals surface area contributed by atoms with E-state index in [1.807, 2.05) is 12.1 Å². The van der Waals surface area contributed by atoms with Crippen molar-refractivity contribution in [3.05, 3.63) is 65.4 Å². The maximum Gasteiger partial charge on any atom is 0.294 e. The summed E-state index contributed by atoms with van der Waals surface area (Å²) in [6.07, 6.45) is 3.55. The van der Waals surface area contributed by atoms with Crippen LogP contribution in [-0.2, 0) is 16.2 Å². The minimum Gasteiger partial charge on any atom is -0.487 e. The van der Waals surface area contributed by atoms with Crippen molar-refractivity contribution in [1.82, 2.24) is 9.80 Å². The maximum atomic E-state index is 13.9. The molecule has 2 aliphatic rings. The molecule has 2 saturated heterocycles. The number of imide groups is 1. The first-order chi connectivity index (χ1) is 15.8. The molecule has 2 aliphatic heterocycles. The molecule has 0 spiro atoms. The minimum atomic E-state index is -0.456. The largest absolute Gasteiger partial charge is 0.487 e. The topological polar surface area (TPSA) is 66.9 Å². The fourth-order valence-corrected chi connectivity index (χ4v) is 6.52. The second kappa shape index (κ2) is 10.7. The quantitative estimate of drug-likeness (QED) is 0.305. The van der Waals surface area contributed by atoms with Gasteiger partial charge in [-0.05, 0) is 99.6 Å². The summed E-state index contributed by atoms with van der Waals surface area (Å²) in [4.78, 5) is 40.5. The average Bonchev–Trinajstić information content (AvgIpc) is 3.39. The van der Waals surface area contributed by atoms with Gasteiger partial charge < -0.3 is 9.64 Å². The molecular formula is C23H19FI2N2O4S. The number of hydrogen-bond donors (Lipinski definition) is 0. The van der Waals surface area contributed by atoms with Crippen molar-refractivity contribution in [3.63, 3.8) is 0 Å². The van der Waals surface area contributed by atoms with E-state index in [-0.39, 0.29) is 29.8 Å². The smallest absolute Gasteiger partial charge is 0.294 e. The average molecular weight is 692 g/mol. The molecule has 3 amide bonds. The predicted molar refractivity (Wildman–Crippen MR) is 141 cm³/mol. The number of rotatable bonds is 6. The van der Waals surface area contributed by atoms with Crippen molar-refractivity contribution in [2.24, 2.45) is 0 Å². The van der Waals surface area contributed by atoms with Crippen molar-refractivity contribution in [1.29, 1.82) is 0 Å². The van der Waals surface area contributed by atoms with Gasteiger partial charge in [0.05, 0.1) is 12.0 Å². The molecule has 0 unspecified atom stereocenters. The second-order valence-corrected chi connectivity index (χ2v) is 10.9. The highest BCUT2D eigenvalue weighted by Gasteiger charge is 2.37. The number of nitrogens with zero attached hydrogens (tertiary/aromatic N) is 2. The molecule has 0 aliphatic carbocycles. The van der Waals surface area contributed by atoms with Gasteiger partial charge in [0.2, 0.25) is 5.91 Å². The Hall–Kier alpha value is -1.67. The van der Waals surface area contributed by atoms with Crippen molar-refractivity contribution < 1.29 is 23.5 Å². The first-order valence-electron chi connectivity index (χ1n) is 10.2. The summed E-state index contributed by atoms with van der Waals surface area (Å²) in [6, 6.07) is 10.1. The number of thioether (sulfide) groups is 1. The molecule has 33 heavy (non-hydrogen) atoms.